The molecule has 1 amide bonds. The van der Waals surface area contributed by atoms with Crippen LogP contribution < -0.4 is 9.64 Å². The normalized spacial score (nSPS) is 16.7. The highest BCUT2D eigenvalue weighted by molar-refractivity contribution is 5.83. The summed E-state index contributed by atoms with van der Waals surface area (Å²) in [5.41, 5.74) is 0.589. The van der Waals surface area contributed by atoms with Crippen LogP contribution in [0, 0.1) is 5.82 Å². The maximum atomic E-state index is 13.7. The van der Waals surface area contributed by atoms with E-state index >= 15 is 0 Å². The molecule has 0 unspecified atom stereocenters. The Morgan fingerprint density at radius 3 is 2.86 bits per heavy atom. The number of hydrogen-bond donors (Lipinski definition) is 2. The second-order valence-corrected chi connectivity index (χ2v) is 6.19. The number of nitrogens with zero attached hydrogens (tertiary/aromatic N) is 4. The number of hydrogen-bond acceptors (Lipinski definition) is 7. The monoisotopic (exact) mass is 390 g/mol. The van der Waals surface area contributed by atoms with Gasteiger partial charge in [-0.15, -0.1) is 0 Å². The lowest BCUT2D eigenvalue weighted by atomic mass is 10.1. The summed E-state index contributed by atoms with van der Waals surface area (Å²) in [6, 6.07) is 3.95. The number of rotatable bonds is 6. The van der Waals surface area contributed by atoms with Crippen molar-refractivity contribution >= 4 is 18.2 Å². The molecule has 0 bridgehead atoms. The molecule has 1 saturated heterocycles. The highest BCUT2D eigenvalue weighted by Gasteiger charge is 2.31. The van der Waals surface area contributed by atoms with Gasteiger partial charge in [0.1, 0.15) is 18.2 Å². The first kappa shape index (κ1) is 19.5. The van der Waals surface area contributed by atoms with E-state index in [0.29, 0.717) is 11.8 Å². The van der Waals surface area contributed by atoms with Crippen molar-refractivity contribution in [3.63, 3.8) is 0 Å². The van der Waals surface area contributed by atoms with Gasteiger partial charge in [0.25, 0.3) is 0 Å². The number of carboxylic acid groups (broad SMARTS) is 1. The zero-order chi connectivity index (χ0) is 20.1. The number of aliphatic hydroxyl groups is 1. The number of ether oxygens (including phenoxy) is 1. The van der Waals surface area contributed by atoms with Gasteiger partial charge in [-0.3, -0.25) is 9.78 Å². The van der Waals surface area contributed by atoms with Crippen LogP contribution in [-0.4, -0.2) is 69.7 Å². The quantitative estimate of drug-likeness (QED) is 0.706. The Balaban J connectivity index is 1.82. The third-order valence-electron chi connectivity index (χ3n) is 4.47. The molecule has 2 aromatic heterocycles. The highest BCUT2D eigenvalue weighted by Crippen LogP contribution is 2.25. The fraction of sp³-hybridized carbons (Fsp3) is 0.333. The number of amides is 1. The van der Waals surface area contributed by atoms with Gasteiger partial charge in [0.05, 0.1) is 24.4 Å². The van der Waals surface area contributed by atoms with Crippen molar-refractivity contribution in [2.75, 3.05) is 31.1 Å². The van der Waals surface area contributed by atoms with E-state index in [9.17, 15) is 19.1 Å². The lowest BCUT2D eigenvalue weighted by molar-refractivity contribution is 0.111. The smallest absolute Gasteiger partial charge is 0.407 e. The Hall–Kier alpha value is -3.27. The maximum Gasteiger partial charge on any atom is 0.407 e. The second-order valence-electron chi connectivity index (χ2n) is 6.19. The largest absolute Gasteiger partial charge is 0.473 e. The van der Waals surface area contributed by atoms with Crippen LogP contribution in [0.25, 0.3) is 0 Å². The van der Waals surface area contributed by atoms with Crippen molar-refractivity contribution in [1.29, 1.82) is 0 Å². The number of pyridine rings is 2. The predicted octanol–water partition coefficient (Wildman–Crippen LogP) is 1.17. The Kier molecular flexibility index (Phi) is 5.99. The molecule has 0 saturated carbocycles. The molecule has 3 rings (SSSR count). The Bertz CT molecular complexity index is 866. The SMILES string of the molecule is O=Cc1ccc(OCc2ccncc2F)nc1N1CCN(C(=O)O)C[C@@H]1CO. The summed E-state index contributed by atoms with van der Waals surface area (Å²) in [6.07, 6.45) is 2.09. The van der Waals surface area contributed by atoms with E-state index in [-0.39, 0.29) is 50.1 Å². The van der Waals surface area contributed by atoms with Gasteiger partial charge >= 0.3 is 6.09 Å². The van der Waals surface area contributed by atoms with Gasteiger partial charge in [-0.2, -0.15) is 4.98 Å². The molecule has 148 valence electrons. The molecule has 0 radical (unpaired) electrons. The summed E-state index contributed by atoms with van der Waals surface area (Å²) < 4.78 is 19.2. The third-order valence-corrected chi connectivity index (χ3v) is 4.47. The minimum absolute atomic E-state index is 0.0720. The first-order valence-corrected chi connectivity index (χ1v) is 8.56. The summed E-state index contributed by atoms with van der Waals surface area (Å²) in [5, 5.41) is 18.8. The average Bonchev–Trinajstić information content (AvgIpc) is 2.72. The lowest BCUT2D eigenvalue weighted by Crippen LogP contribution is -2.56. The molecule has 0 aliphatic carbocycles. The number of anilines is 1. The number of carbonyl (C=O) groups excluding carboxylic acids is 1. The zero-order valence-corrected chi connectivity index (χ0v) is 14.9. The van der Waals surface area contributed by atoms with Gasteiger partial charge in [0, 0.05) is 37.5 Å². The topological polar surface area (TPSA) is 116 Å². The summed E-state index contributed by atoms with van der Waals surface area (Å²) in [5.74, 6) is -0.0432. The van der Waals surface area contributed by atoms with Gasteiger partial charge in [-0.25, -0.2) is 9.18 Å². The average molecular weight is 390 g/mol. The first-order chi connectivity index (χ1) is 13.5. The molecule has 0 spiro atoms. The van der Waals surface area contributed by atoms with Crippen LogP contribution >= 0.6 is 0 Å². The summed E-state index contributed by atoms with van der Waals surface area (Å²) >= 11 is 0. The molecule has 1 fully saturated rings. The van der Waals surface area contributed by atoms with E-state index in [0.717, 1.165) is 6.20 Å². The molecule has 9 nitrogen and oxygen atoms in total. The maximum absolute atomic E-state index is 13.7. The van der Waals surface area contributed by atoms with Crippen molar-refractivity contribution in [3.05, 3.63) is 47.5 Å². The number of aldehydes is 1. The minimum Gasteiger partial charge on any atom is -0.473 e. The van der Waals surface area contributed by atoms with Crippen LogP contribution in [-0.2, 0) is 6.61 Å². The first-order valence-electron chi connectivity index (χ1n) is 8.56. The van der Waals surface area contributed by atoms with Gasteiger partial charge < -0.3 is 24.7 Å². The standard InChI is InChI=1S/C18H19FN4O5/c19-15-7-20-4-3-13(15)11-28-16-2-1-12(9-24)17(21-16)23-6-5-22(18(26)27)8-14(23)10-25/h1-4,7,9,14,25H,5-6,8,10-11H2,(H,26,27)/t14-/m1/s1. The van der Waals surface area contributed by atoms with Crippen molar-refractivity contribution in [3.8, 4) is 5.88 Å². The van der Waals surface area contributed by atoms with E-state index in [2.05, 4.69) is 9.97 Å². The molecular formula is C18H19FN4O5. The molecule has 10 heteroatoms. The molecule has 1 aliphatic heterocycles. The van der Waals surface area contributed by atoms with Crippen LogP contribution in [0.4, 0.5) is 15.0 Å². The fourth-order valence-corrected chi connectivity index (χ4v) is 2.98. The van der Waals surface area contributed by atoms with Crippen molar-refractivity contribution in [2.24, 2.45) is 0 Å². The van der Waals surface area contributed by atoms with Crippen LogP contribution in [0.3, 0.4) is 0 Å². The van der Waals surface area contributed by atoms with Crippen molar-refractivity contribution < 1.29 is 28.9 Å². The molecule has 1 atom stereocenters. The molecular weight excluding hydrogens is 371 g/mol. The Morgan fingerprint density at radius 1 is 1.36 bits per heavy atom. The van der Waals surface area contributed by atoms with Crippen LogP contribution in [0.5, 0.6) is 5.88 Å². The second kappa shape index (κ2) is 8.61. The number of aromatic nitrogens is 2. The molecule has 3 heterocycles. The fourth-order valence-electron chi connectivity index (χ4n) is 2.98. The highest BCUT2D eigenvalue weighted by atomic mass is 19.1. The van der Waals surface area contributed by atoms with E-state index in [4.69, 9.17) is 9.84 Å². The van der Waals surface area contributed by atoms with Gasteiger partial charge in [0.15, 0.2) is 6.29 Å². The third kappa shape index (κ3) is 4.17. The van der Waals surface area contributed by atoms with E-state index in [1.54, 1.807) is 4.90 Å². The Morgan fingerprint density at radius 2 is 2.18 bits per heavy atom. The van der Waals surface area contributed by atoms with Crippen molar-refractivity contribution in [2.45, 2.75) is 12.6 Å². The predicted molar refractivity (Wildman–Crippen MR) is 96.0 cm³/mol. The summed E-state index contributed by atoms with van der Waals surface area (Å²) in [4.78, 5) is 33.5. The minimum atomic E-state index is -1.07. The van der Waals surface area contributed by atoms with Gasteiger partial charge in [-0.05, 0) is 12.1 Å². The molecule has 2 N–H and O–H groups in total. The van der Waals surface area contributed by atoms with Crippen LogP contribution in [0.2, 0.25) is 0 Å². The van der Waals surface area contributed by atoms with E-state index in [1.165, 1.54) is 29.3 Å². The summed E-state index contributed by atoms with van der Waals surface area (Å²) in [7, 11) is 0. The zero-order valence-electron chi connectivity index (χ0n) is 14.9. The number of halogens is 1. The van der Waals surface area contributed by atoms with Gasteiger partial charge in [0.2, 0.25) is 5.88 Å². The summed E-state index contributed by atoms with van der Waals surface area (Å²) in [6.45, 7) is 0.167. The number of aliphatic hydroxyl groups excluding tert-OH is 1. The Labute approximate surface area is 160 Å². The number of piperazine rings is 1. The lowest BCUT2D eigenvalue weighted by Gasteiger charge is -2.40. The van der Waals surface area contributed by atoms with Crippen LogP contribution in [0.1, 0.15) is 15.9 Å². The molecule has 0 aromatic carbocycles. The van der Waals surface area contributed by atoms with Crippen molar-refractivity contribution in [1.82, 2.24) is 14.9 Å². The van der Waals surface area contributed by atoms with E-state index in [1.807, 2.05) is 0 Å². The molecule has 2 aromatic rings. The number of carbonyl (C=O) groups is 2. The van der Waals surface area contributed by atoms with Crippen LogP contribution in [0.15, 0.2) is 30.6 Å². The molecule has 28 heavy (non-hydrogen) atoms. The van der Waals surface area contributed by atoms with E-state index < -0.39 is 18.0 Å². The van der Waals surface area contributed by atoms with Gasteiger partial charge in [-0.1, -0.05) is 0 Å². The molecule has 1 aliphatic rings.